The summed E-state index contributed by atoms with van der Waals surface area (Å²) in [6.07, 6.45) is 0. The Morgan fingerprint density at radius 1 is 1.00 bits per heavy atom. The van der Waals surface area contributed by atoms with Crippen LogP contribution in [-0.2, 0) is 11.4 Å². The van der Waals surface area contributed by atoms with E-state index in [0.717, 1.165) is 28.2 Å². The number of nitrogens with one attached hydrogen (secondary N) is 1. The van der Waals surface area contributed by atoms with E-state index < -0.39 is 0 Å². The average molecular weight is 543 g/mol. The van der Waals surface area contributed by atoms with Crippen LogP contribution in [0.15, 0.2) is 47.6 Å². The number of carbonyl (C=O) groups is 1. The molecule has 2 aromatic carbocycles. The Kier molecular flexibility index (Phi) is 8.13. The van der Waals surface area contributed by atoms with Crippen molar-refractivity contribution in [3.05, 3.63) is 80.8 Å². The molecule has 0 aliphatic heterocycles. The van der Waals surface area contributed by atoms with Gasteiger partial charge >= 0.3 is 0 Å². The molecule has 0 spiro atoms. The lowest BCUT2D eigenvalue weighted by atomic mass is 10.1. The first-order valence-corrected chi connectivity index (χ1v) is 12.8. The molecule has 4 aromatic rings. The molecule has 11 heteroatoms. The monoisotopic (exact) mass is 542 g/mol. The third-order valence-electron chi connectivity index (χ3n) is 5.12. The third kappa shape index (κ3) is 6.34. The lowest BCUT2D eigenvalue weighted by molar-refractivity contribution is -0.113. The minimum atomic E-state index is -0.244. The number of rotatable bonds is 8. The third-order valence-corrected chi connectivity index (χ3v) is 6.58. The van der Waals surface area contributed by atoms with Gasteiger partial charge in [-0.05, 0) is 69.2 Å². The minimum Gasteiger partial charge on any atom is -0.484 e. The first-order chi connectivity index (χ1) is 17.2. The second-order valence-electron chi connectivity index (χ2n) is 8.20. The topological polar surface area (TPSA) is 94.8 Å². The molecule has 0 bridgehead atoms. The fourth-order valence-corrected chi connectivity index (χ4v) is 4.72. The SMILES string of the molecule is Cc1ccc(C)c(-n2c(COc3ccc(Cl)cc3Cl)nnc2SCC(=O)Nc2nc(C)cc(C)n2)c1. The number of halogens is 2. The van der Waals surface area contributed by atoms with Gasteiger partial charge in [0.2, 0.25) is 11.9 Å². The van der Waals surface area contributed by atoms with Gasteiger partial charge in [-0.25, -0.2) is 9.97 Å². The first kappa shape index (κ1) is 25.9. The molecule has 0 saturated carbocycles. The van der Waals surface area contributed by atoms with E-state index in [1.165, 1.54) is 11.8 Å². The minimum absolute atomic E-state index is 0.100. The van der Waals surface area contributed by atoms with Crippen molar-refractivity contribution in [3.63, 3.8) is 0 Å². The summed E-state index contributed by atoms with van der Waals surface area (Å²) in [5.74, 6) is 1.19. The molecule has 2 heterocycles. The molecule has 0 saturated heterocycles. The van der Waals surface area contributed by atoms with Gasteiger partial charge in [0.15, 0.2) is 11.0 Å². The molecule has 2 aromatic heterocycles. The summed E-state index contributed by atoms with van der Waals surface area (Å²) >= 11 is 13.5. The zero-order valence-corrected chi connectivity index (χ0v) is 22.5. The Morgan fingerprint density at radius 3 is 2.47 bits per heavy atom. The second-order valence-corrected chi connectivity index (χ2v) is 9.98. The van der Waals surface area contributed by atoms with Crippen LogP contribution in [0.5, 0.6) is 5.75 Å². The summed E-state index contributed by atoms with van der Waals surface area (Å²) in [7, 11) is 0. The predicted molar refractivity (Wildman–Crippen MR) is 142 cm³/mol. The smallest absolute Gasteiger partial charge is 0.237 e. The van der Waals surface area contributed by atoms with Crippen LogP contribution in [-0.4, -0.2) is 36.4 Å². The maximum atomic E-state index is 12.6. The number of anilines is 1. The highest BCUT2D eigenvalue weighted by molar-refractivity contribution is 7.99. The molecule has 0 unspecified atom stereocenters. The first-order valence-electron chi connectivity index (χ1n) is 11.0. The number of hydrogen-bond donors (Lipinski definition) is 1. The number of aromatic nitrogens is 5. The van der Waals surface area contributed by atoms with Crippen LogP contribution in [0, 0.1) is 27.7 Å². The summed E-state index contributed by atoms with van der Waals surface area (Å²) < 4.78 is 7.83. The number of carbonyl (C=O) groups excluding carboxylic acids is 1. The molecule has 1 N–H and O–H groups in total. The van der Waals surface area contributed by atoms with Gasteiger partial charge in [0.1, 0.15) is 12.4 Å². The van der Waals surface area contributed by atoms with E-state index in [-0.39, 0.29) is 24.2 Å². The van der Waals surface area contributed by atoms with E-state index in [4.69, 9.17) is 27.9 Å². The molecule has 0 fully saturated rings. The Morgan fingerprint density at radius 2 is 1.75 bits per heavy atom. The van der Waals surface area contributed by atoms with Crippen molar-refractivity contribution in [3.8, 4) is 11.4 Å². The number of thioether (sulfide) groups is 1. The van der Waals surface area contributed by atoms with Crippen LogP contribution >= 0.6 is 35.0 Å². The summed E-state index contributed by atoms with van der Waals surface area (Å²) in [5, 5.41) is 12.9. The normalized spacial score (nSPS) is 10.9. The fourth-order valence-electron chi connectivity index (χ4n) is 3.50. The number of amides is 1. The molecule has 4 rings (SSSR count). The lowest BCUT2D eigenvalue weighted by Crippen LogP contribution is -2.17. The van der Waals surface area contributed by atoms with Gasteiger partial charge in [-0.15, -0.1) is 10.2 Å². The number of ether oxygens (including phenoxy) is 1. The van der Waals surface area contributed by atoms with E-state index in [1.54, 1.807) is 18.2 Å². The van der Waals surface area contributed by atoms with E-state index in [1.807, 2.05) is 56.5 Å². The highest BCUT2D eigenvalue weighted by Crippen LogP contribution is 2.30. The molecule has 0 aliphatic rings. The number of nitrogens with zero attached hydrogens (tertiary/aromatic N) is 5. The van der Waals surface area contributed by atoms with Crippen molar-refractivity contribution in [2.75, 3.05) is 11.1 Å². The van der Waals surface area contributed by atoms with Gasteiger partial charge in [0.05, 0.1) is 16.5 Å². The zero-order chi connectivity index (χ0) is 25.8. The standard InChI is InChI=1S/C25H24Cl2N6O2S/c1-14-5-6-15(2)20(9-14)33-22(12-35-21-8-7-18(26)11-19(21)27)31-32-25(33)36-13-23(34)30-24-28-16(3)10-17(4)29-24/h5-11H,12-13H2,1-4H3,(H,28,29,30,34). The van der Waals surface area contributed by atoms with E-state index in [0.29, 0.717) is 26.8 Å². The number of hydrogen-bond acceptors (Lipinski definition) is 7. The Balaban J connectivity index is 1.57. The van der Waals surface area contributed by atoms with Crippen LogP contribution in [0.4, 0.5) is 5.95 Å². The highest BCUT2D eigenvalue weighted by Gasteiger charge is 2.19. The summed E-state index contributed by atoms with van der Waals surface area (Å²) in [6.45, 7) is 7.85. The lowest BCUT2D eigenvalue weighted by Gasteiger charge is -2.14. The van der Waals surface area contributed by atoms with Crippen LogP contribution < -0.4 is 10.1 Å². The number of aryl methyl sites for hydroxylation is 4. The van der Waals surface area contributed by atoms with Crippen LogP contribution in [0.1, 0.15) is 28.3 Å². The van der Waals surface area contributed by atoms with E-state index in [2.05, 4.69) is 25.5 Å². The van der Waals surface area contributed by atoms with Crippen molar-refractivity contribution in [1.82, 2.24) is 24.7 Å². The Labute approximate surface area is 223 Å². The van der Waals surface area contributed by atoms with Crippen LogP contribution in [0.3, 0.4) is 0 Å². The van der Waals surface area contributed by atoms with E-state index >= 15 is 0 Å². The molecule has 0 radical (unpaired) electrons. The molecule has 8 nitrogen and oxygen atoms in total. The molecule has 36 heavy (non-hydrogen) atoms. The Bertz CT molecular complexity index is 1410. The van der Waals surface area contributed by atoms with Gasteiger partial charge in [-0.1, -0.05) is 47.1 Å². The summed E-state index contributed by atoms with van der Waals surface area (Å²) in [5.41, 5.74) is 4.58. The molecule has 0 aliphatic carbocycles. The molecule has 186 valence electrons. The number of benzene rings is 2. The van der Waals surface area contributed by atoms with Crippen molar-refractivity contribution in [1.29, 1.82) is 0 Å². The molecular formula is C25H24Cl2N6O2S. The maximum absolute atomic E-state index is 12.6. The van der Waals surface area contributed by atoms with Crippen LogP contribution in [0.2, 0.25) is 10.0 Å². The highest BCUT2D eigenvalue weighted by atomic mass is 35.5. The van der Waals surface area contributed by atoms with E-state index in [9.17, 15) is 4.79 Å². The van der Waals surface area contributed by atoms with Gasteiger partial charge in [-0.3, -0.25) is 14.7 Å². The predicted octanol–water partition coefficient (Wildman–Crippen LogP) is 5.91. The van der Waals surface area contributed by atoms with Crippen LogP contribution in [0.25, 0.3) is 5.69 Å². The van der Waals surface area contributed by atoms with Crippen molar-refractivity contribution < 1.29 is 9.53 Å². The Hall–Kier alpha value is -3.14. The van der Waals surface area contributed by atoms with Gasteiger partial charge in [0.25, 0.3) is 0 Å². The second kappa shape index (κ2) is 11.3. The van der Waals surface area contributed by atoms with Crippen molar-refractivity contribution >= 4 is 46.8 Å². The van der Waals surface area contributed by atoms with Crippen molar-refractivity contribution in [2.45, 2.75) is 39.5 Å². The maximum Gasteiger partial charge on any atom is 0.237 e. The molecule has 0 atom stereocenters. The molecular weight excluding hydrogens is 519 g/mol. The summed E-state index contributed by atoms with van der Waals surface area (Å²) in [6, 6.07) is 13.0. The fraction of sp³-hybridized carbons (Fsp3) is 0.240. The van der Waals surface area contributed by atoms with Crippen molar-refractivity contribution in [2.24, 2.45) is 0 Å². The quantitative estimate of drug-likeness (QED) is 0.276. The van der Waals surface area contributed by atoms with Gasteiger partial charge in [0, 0.05) is 16.4 Å². The van der Waals surface area contributed by atoms with Gasteiger partial charge in [-0.2, -0.15) is 0 Å². The molecule has 1 amide bonds. The zero-order valence-electron chi connectivity index (χ0n) is 20.2. The van der Waals surface area contributed by atoms with Gasteiger partial charge < -0.3 is 4.74 Å². The largest absolute Gasteiger partial charge is 0.484 e. The summed E-state index contributed by atoms with van der Waals surface area (Å²) in [4.78, 5) is 21.2. The average Bonchev–Trinajstić information content (AvgIpc) is 3.20.